The number of rotatable bonds is 3. The summed E-state index contributed by atoms with van der Waals surface area (Å²) < 4.78 is 28.3. The Morgan fingerprint density at radius 1 is 1.41 bits per heavy atom. The Hall–Kier alpha value is -1.98. The van der Waals surface area contributed by atoms with Crippen LogP contribution in [0.2, 0.25) is 0 Å². The minimum Gasteiger partial charge on any atom is -0.480 e. The van der Waals surface area contributed by atoms with Gasteiger partial charge in [0.05, 0.1) is 0 Å². The summed E-state index contributed by atoms with van der Waals surface area (Å²) in [5.74, 6) is -1.54. The number of alkyl halides is 2. The molecule has 2 saturated carbocycles. The molecule has 116 valence electrons. The molecule has 1 amide bonds. The highest BCUT2D eigenvalue weighted by molar-refractivity contribution is 5.99. The molecule has 1 aromatic rings. The summed E-state index contributed by atoms with van der Waals surface area (Å²) in [6, 6.07) is 4.71. The summed E-state index contributed by atoms with van der Waals surface area (Å²) in [5.41, 5.74) is -0.823. The minimum atomic E-state index is -1.34. The first-order valence-electron chi connectivity index (χ1n) is 7.35. The minimum absolute atomic E-state index is 0.0506. The van der Waals surface area contributed by atoms with E-state index in [-0.39, 0.29) is 13.0 Å². The fourth-order valence-electron chi connectivity index (χ4n) is 3.48. The second kappa shape index (κ2) is 4.06. The Bertz CT molecular complexity index is 701. The van der Waals surface area contributed by atoms with Crippen LogP contribution >= 0.6 is 0 Å². The third kappa shape index (κ3) is 1.79. The van der Waals surface area contributed by atoms with Crippen LogP contribution in [0.25, 0.3) is 0 Å². The molecule has 2 aliphatic carbocycles. The number of hydrogen-bond acceptors (Lipinski definition) is 2. The average Bonchev–Trinajstić information content (AvgIpc) is 3.35. The Morgan fingerprint density at radius 3 is 2.64 bits per heavy atom. The van der Waals surface area contributed by atoms with Crippen molar-refractivity contribution in [2.45, 2.75) is 36.5 Å². The molecule has 1 aliphatic heterocycles. The van der Waals surface area contributed by atoms with Gasteiger partial charge in [0, 0.05) is 17.5 Å². The summed E-state index contributed by atoms with van der Waals surface area (Å²) in [4.78, 5) is 24.5. The molecule has 2 atom stereocenters. The second-order valence-corrected chi connectivity index (χ2v) is 6.61. The average molecular weight is 307 g/mol. The van der Waals surface area contributed by atoms with Crippen molar-refractivity contribution in [3.05, 3.63) is 34.9 Å². The number of carboxylic acid groups (broad SMARTS) is 1. The molecule has 0 saturated heterocycles. The first-order chi connectivity index (χ1) is 10.4. The van der Waals surface area contributed by atoms with Crippen LogP contribution < -0.4 is 0 Å². The third-order valence-corrected chi connectivity index (χ3v) is 5.06. The summed E-state index contributed by atoms with van der Waals surface area (Å²) in [6.45, 7) is -0.392. The van der Waals surface area contributed by atoms with E-state index in [2.05, 4.69) is 0 Å². The predicted octanol–water partition coefficient (Wildman–Crippen LogP) is 2.17. The van der Waals surface area contributed by atoms with E-state index in [0.717, 1.165) is 0 Å². The van der Waals surface area contributed by atoms with Gasteiger partial charge < -0.3 is 10.0 Å². The SMILES string of the molecule is O=C(O)CN1C[C@@]2(C[C@@H]2F)c2cc(C3(F)CC3)ccc2C1=O. The number of fused-ring (bicyclic) bond motifs is 2. The largest absolute Gasteiger partial charge is 0.480 e. The van der Waals surface area contributed by atoms with Crippen LogP contribution in [0.4, 0.5) is 8.78 Å². The summed E-state index contributed by atoms with van der Waals surface area (Å²) in [5, 5.41) is 8.91. The zero-order valence-corrected chi connectivity index (χ0v) is 11.8. The molecule has 2 fully saturated rings. The van der Waals surface area contributed by atoms with E-state index in [9.17, 15) is 18.4 Å². The molecule has 0 aromatic heterocycles. The van der Waals surface area contributed by atoms with E-state index in [1.165, 1.54) is 11.0 Å². The van der Waals surface area contributed by atoms with Crippen LogP contribution in [-0.4, -0.2) is 41.1 Å². The van der Waals surface area contributed by atoms with Crippen molar-refractivity contribution in [3.8, 4) is 0 Å². The summed E-state index contributed by atoms with van der Waals surface area (Å²) in [6.07, 6.45) is 0.0562. The van der Waals surface area contributed by atoms with Crippen LogP contribution in [-0.2, 0) is 15.9 Å². The normalized spacial score (nSPS) is 31.1. The molecule has 6 heteroatoms. The van der Waals surface area contributed by atoms with Gasteiger partial charge in [-0.05, 0) is 36.5 Å². The number of amides is 1. The lowest BCUT2D eigenvalue weighted by molar-refractivity contribution is -0.137. The Kier molecular flexibility index (Phi) is 2.52. The molecule has 1 spiro atoms. The van der Waals surface area contributed by atoms with E-state index in [1.54, 1.807) is 12.1 Å². The zero-order valence-electron chi connectivity index (χ0n) is 11.8. The number of aliphatic carboxylic acids is 1. The van der Waals surface area contributed by atoms with Gasteiger partial charge in [0.15, 0.2) is 0 Å². The van der Waals surface area contributed by atoms with Crippen molar-refractivity contribution >= 4 is 11.9 Å². The van der Waals surface area contributed by atoms with Crippen LogP contribution in [0.1, 0.15) is 40.7 Å². The molecule has 0 bridgehead atoms. The molecule has 0 unspecified atom stereocenters. The molecule has 4 rings (SSSR count). The van der Waals surface area contributed by atoms with Crippen molar-refractivity contribution in [2.75, 3.05) is 13.1 Å². The maximum atomic E-state index is 14.3. The fraction of sp³-hybridized carbons (Fsp3) is 0.500. The number of benzene rings is 1. The molecule has 0 radical (unpaired) electrons. The van der Waals surface area contributed by atoms with Gasteiger partial charge in [0.2, 0.25) is 0 Å². The third-order valence-electron chi connectivity index (χ3n) is 5.06. The predicted molar refractivity (Wildman–Crippen MR) is 73.2 cm³/mol. The van der Waals surface area contributed by atoms with Gasteiger partial charge >= 0.3 is 5.97 Å². The van der Waals surface area contributed by atoms with Gasteiger partial charge in [-0.15, -0.1) is 0 Å². The number of hydrogen-bond donors (Lipinski definition) is 1. The number of halogens is 2. The quantitative estimate of drug-likeness (QED) is 0.931. The molecule has 22 heavy (non-hydrogen) atoms. The first kappa shape index (κ1) is 13.7. The maximum absolute atomic E-state index is 14.3. The van der Waals surface area contributed by atoms with Gasteiger partial charge in [-0.2, -0.15) is 0 Å². The lowest BCUT2D eigenvalue weighted by Gasteiger charge is -2.34. The summed E-state index contributed by atoms with van der Waals surface area (Å²) in [7, 11) is 0. The van der Waals surface area contributed by atoms with Gasteiger partial charge in [-0.25, -0.2) is 8.78 Å². The van der Waals surface area contributed by atoms with E-state index in [1.807, 2.05) is 0 Å². The van der Waals surface area contributed by atoms with Crippen LogP contribution in [0.3, 0.4) is 0 Å². The molecule has 1 heterocycles. The highest BCUT2D eigenvalue weighted by Gasteiger charge is 2.61. The highest BCUT2D eigenvalue weighted by Crippen LogP contribution is 2.56. The number of carboxylic acids is 1. The molecule has 1 aromatic carbocycles. The molecule has 4 nitrogen and oxygen atoms in total. The van der Waals surface area contributed by atoms with E-state index >= 15 is 0 Å². The van der Waals surface area contributed by atoms with Crippen molar-refractivity contribution < 1.29 is 23.5 Å². The van der Waals surface area contributed by atoms with E-state index in [4.69, 9.17) is 5.11 Å². The van der Waals surface area contributed by atoms with Gasteiger partial charge in [-0.3, -0.25) is 9.59 Å². The van der Waals surface area contributed by atoms with Gasteiger partial charge in [0.1, 0.15) is 18.4 Å². The van der Waals surface area contributed by atoms with Crippen molar-refractivity contribution in [3.63, 3.8) is 0 Å². The molecule has 1 N–H and O–H groups in total. The number of carbonyl (C=O) groups excluding carboxylic acids is 1. The number of nitrogens with zero attached hydrogens (tertiary/aromatic N) is 1. The van der Waals surface area contributed by atoms with Crippen LogP contribution in [0.5, 0.6) is 0 Å². The Labute approximate surface area is 125 Å². The monoisotopic (exact) mass is 307 g/mol. The highest BCUT2D eigenvalue weighted by atomic mass is 19.1. The topological polar surface area (TPSA) is 57.6 Å². The Morgan fingerprint density at radius 2 is 2.09 bits per heavy atom. The van der Waals surface area contributed by atoms with Crippen LogP contribution in [0, 0.1) is 0 Å². The first-order valence-corrected chi connectivity index (χ1v) is 7.35. The van der Waals surface area contributed by atoms with Gasteiger partial charge in [0.25, 0.3) is 5.91 Å². The van der Waals surface area contributed by atoms with Gasteiger partial charge in [-0.1, -0.05) is 12.1 Å². The zero-order chi connectivity index (χ0) is 15.7. The molecular weight excluding hydrogens is 292 g/mol. The van der Waals surface area contributed by atoms with Crippen molar-refractivity contribution in [2.24, 2.45) is 0 Å². The van der Waals surface area contributed by atoms with E-state index < -0.39 is 35.7 Å². The van der Waals surface area contributed by atoms with Crippen molar-refractivity contribution in [1.29, 1.82) is 0 Å². The molecule has 3 aliphatic rings. The summed E-state index contributed by atoms with van der Waals surface area (Å²) >= 11 is 0. The van der Waals surface area contributed by atoms with E-state index in [0.29, 0.717) is 29.5 Å². The lowest BCUT2D eigenvalue weighted by Crippen LogP contribution is -2.46. The maximum Gasteiger partial charge on any atom is 0.323 e. The smallest absolute Gasteiger partial charge is 0.323 e. The van der Waals surface area contributed by atoms with Crippen molar-refractivity contribution in [1.82, 2.24) is 4.90 Å². The van der Waals surface area contributed by atoms with Crippen LogP contribution in [0.15, 0.2) is 18.2 Å². The Balaban J connectivity index is 1.79. The fourth-order valence-corrected chi connectivity index (χ4v) is 3.48. The lowest BCUT2D eigenvalue weighted by atomic mass is 9.84. The number of carbonyl (C=O) groups is 2. The molecular formula is C16H15F2NO3. The second-order valence-electron chi connectivity index (χ2n) is 6.61. The standard InChI is InChI=1S/C16H15F2NO3/c17-12-6-15(12)8-19(7-13(20)21)14(22)10-2-1-9(5-11(10)15)16(18)3-4-16/h1-2,5,12H,3-4,6-8H2,(H,20,21)/t12-,15-/m0/s1.